The van der Waals surface area contributed by atoms with Gasteiger partial charge in [-0.15, -0.1) is 0 Å². The number of methoxy groups -OCH3 is 1. The maximum atomic E-state index is 12.0. The molecule has 0 aromatic heterocycles. The highest BCUT2D eigenvalue weighted by Crippen LogP contribution is 2.11. The summed E-state index contributed by atoms with van der Waals surface area (Å²) in [6.45, 7) is 2.38. The van der Waals surface area contributed by atoms with E-state index in [0.29, 0.717) is 12.1 Å². The lowest BCUT2D eigenvalue weighted by atomic mass is 10.1. The molecule has 5 heteroatoms. The van der Waals surface area contributed by atoms with Gasteiger partial charge < -0.3 is 15.4 Å². The van der Waals surface area contributed by atoms with Crippen molar-refractivity contribution >= 4 is 11.8 Å². The Morgan fingerprint density at radius 3 is 2.36 bits per heavy atom. The average molecular weight is 340 g/mol. The number of rotatable bonds is 8. The van der Waals surface area contributed by atoms with Gasteiger partial charge in [-0.1, -0.05) is 30.3 Å². The molecule has 0 spiro atoms. The third-order valence-corrected chi connectivity index (χ3v) is 3.80. The molecule has 0 heterocycles. The van der Waals surface area contributed by atoms with Gasteiger partial charge in [-0.3, -0.25) is 9.59 Å². The highest BCUT2D eigenvalue weighted by atomic mass is 16.5. The number of amides is 2. The zero-order chi connectivity index (χ0) is 18.1. The number of carbonyl (C=O) groups is 2. The smallest absolute Gasteiger partial charge is 0.251 e. The van der Waals surface area contributed by atoms with E-state index in [-0.39, 0.29) is 24.3 Å². The van der Waals surface area contributed by atoms with E-state index in [1.165, 1.54) is 0 Å². The van der Waals surface area contributed by atoms with Gasteiger partial charge in [-0.25, -0.2) is 0 Å². The van der Waals surface area contributed by atoms with Crippen molar-refractivity contribution < 1.29 is 14.3 Å². The van der Waals surface area contributed by atoms with E-state index < -0.39 is 0 Å². The van der Waals surface area contributed by atoms with Crippen LogP contribution in [0.3, 0.4) is 0 Å². The number of nitrogens with one attached hydrogen (secondary N) is 2. The largest absolute Gasteiger partial charge is 0.497 e. The Hall–Kier alpha value is -2.82. The monoisotopic (exact) mass is 340 g/mol. The Kier molecular flexibility index (Phi) is 7.01. The van der Waals surface area contributed by atoms with Gasteiger partial charge in [0.05, 0.1) is 7.11 Å². The first kappa shape index (κ1) is 18.5. The van der Waals surface area contributed by atoms with Crippen molar-refractivity contribution in [3.63, 3.8) is 0 Å². The first-order valence-corrected chi connectivity index (χ1v) is 8.34. The van der Waals surface area contributed by atoms with E-state index in [0.717, 1.165) is 17.7 Å². The molecule has 0 bridgehead atoms. The SMILES string of the molecule is COc1ccc(CCNC(=O)CC(C)NC(=O)c2ccccc2)cc1. The van der Waals surface area contributed by atoms with E-state index in [1.807, 2.05) is 49.4 Å². The minimum absolute atomic E-state index is 0.0747. The summed E-state index contributed by atoms with van der Waals surface area (Å²) < 4.78 is 5.11. The summed E-state index contributed by atoms with van der Waals surface area (Å²) in [6, 6.07) is 16.5. The summed E-state index contributed by atoms with van der Waals surface area (Å²) in [5.74, 6) is 0.573. The van der Waals surface area contributed by atoms with E-state index >= 15 is 0 Å². The van der Waals surface area contributed by atoms with Crippen molar-refractivity contribution in [3.8, 4) is 5.75 Å². The Morgan fingerprint density at radius 1 is 1.04 bits per heavy atom. The second-order valence-corrected chi connectivity index (χ2v) is 5.89. The molecule has 0 saturated carbocycles. The van der Waals surface area contributed by atoms with Crippen LogP contribution in [0.15, 0.2) is 54.6 Å². The predicted octanol–water partition coefficient (Wildman–Crippen LogP) is 2.56. The van der Waals surface area contributed by atoms with Crippen molar-refractivity contribution in [3.05, 3.63) is 65.7 Å². The molecule has 2 rings (SSSR count). The fourth-order valence-electron chi connectivity index (χ4n) is 2.44. The van der Waals surface area contributed by atoms with Crippen LogP contribution >= 0.6 is 0 Å². The van der Waals surface area contributed by atoms with Crippen molar-refractivity contribution in [1.82, 2.24) is 10.6 Å². The van der Waals surface area contributed by atoms with Gasteiger partial charge in [0.2, 0.25) is 5.91 Å². The molecule has 2 N–H and O–H groups in total. The molecule has 0 aliphatic carbocycles. The molecule has 5 nitrogen and oxygen atoms in total. The molecular weight excluding hydrogens is 316 g/mol. The van der Waals surface area contributed by atoms with Gasteiger partial charge in [0, 0.05) is 24.6 Å². The molecule has 0 radical (unpaired) electrons. The van der Waals surface area contributed by atoms with Gasteiger partial charge >= 0.3 is 0 Å². The molecule has 2 amide bonds. The first-order valence-electron chi connectivity index (χ1n) is 8.34. The highest BCUT2D eigenvalue weighted by Gasteiger charge is 2.12. The maximum absolute atomic E-state index is 12.0. The quantitative estimate of drug-likeness (QED) is 0.776. The number of hydrogen-bond acceptors (Lipinski definition) is 3. The summed E-state index contributed by atoms with van der Waals surface area (Å²) in [6.07, 6.45) is 1.00. The van der Waals surface area contributed by atoms with Gasteiger partial charge in [0.15, 0.2) is 0 Å². The summed E-state index contributed by atoms with van der Waals surface area (Å²) in [5, 5.41) is 5.72. The van der Waals surface area contributed by atoms with Gasteiger partial charge in [0.25, 0.3) is 5.91 Å². The Bertz CT molecular complexity index is 684. The predicted molar refractivity (Wildman–Crippen MR) is 97.7 cm³/mol. The van der Waals surface area contributed by atoms with Crippen LogP contribution < -0.4 is 15.4 Å². The highest BCUT2D eigenvalue weighted by molar-refractivity contribution is 5.94. The number of hydrogen-bond donors (Lipinski definition) is 2. The molecule has 2 aromatic rings. The Balaban J connectivity index is 1.69. The number of benzene rings is 2. The topological polar surface area (TPSA) is 67.4 Å². The molecule has 1 atom stereocenters. The third-order valence-electron chi connectivity index (χ3n) is 3.80. The minimum Gasteiger partial charge on any atom is -0.497 e. The van der Waals surface area contributed by atoms with Crippen LogP contribution in [0.1, 0.15) is 29.3 Å². The fraction of sp³-hybridized carbons (Fsp3) is 0.300. The Labute approximate surface area is 148 Å². The molecule has 25 heavy (non-hydrogen) atoms. The van der Waals surface area contributed by atoms with Gasteiger partial charge in [-0.05, 0) is 43.2 Å². The number of carbonyl (C=O) groups excluding carboxylic acids is 2. The molecule has 2 aromatic carbocycles. The first-order chi connectivity index (χ1) is 12.1. The molecule has 1 unspecified atom stereocenters. The molecule has 0 fully saturated rings. The van der Waals surface area contributed by atoms with Crippen LogP contribution in [-0.2, 0) is 11.2 Å². The van der Waals surface area contributed by atoms with Gasteiger partial charge in [-0.2, -0.15) is 0 Å². The van der Waals surface area contributed by atoms with Crippen molar-refractivity contribution in [2.75, 3.05) is 13.7 Å². The molecule has 0 aliphatic heterocycles. The van der Waals surface area contributed by atoms with Crippen molar-refractivity contribution in [1.29, 1.82) is 0 Å². The van der Waals surface area contributed by atoms with Crippen LogP contribution in [0.2, 0.25) is 0 Å². The molecule has 0 aliphatic rings. The van der Waals surface area contributed by atoms with E-state index in [4.69, 9.17) is 4.74 Å². The lowest BCUT2D eigenvalue weighted by Crippen LogP contribution is -2.37. The van der Waals surface area contributed by atoms with Crippen LogP contribution in [0.4, 0.5) is 0 Å². The van der Waals surface area contributed by atoms with Gasteiger partial charge in [0.1, 0.15) is 5.75 Å². The standard InChI is InChI=1S/C20H24N2O3/c1-15(22-20(24)17-6-4-3-5-7-17)14-19(23)21-13-12-16-8-10-18(25-2)11-9-16/h3-11,15H,12-14H2,1-2H3,(H,21,23)(H,22,24). The Morgan fingerprint density at radius 2 is 1.72 bits per heavy atom. The minimum atomic E-state index is -0.228. The normalized spacial score (nSPS) is 11.4. The second kappa shape index (κ2) is 9.47. The third kappa shape index (κ3) is 6.30. The summed E-state index contributed by atoms with van der Waals surface area (Å²) >= 11 is 0. The van der Waals surface area contributed by atoms with E-state index in [9.17, 15) is 9.59 Å². The lowest BCUT2D eigenvalue weighted by Gasteiger charge is -2.14. The van der Waals surface area contributed by atoms with E-state index in [2.05, 4.69) is 10.6 Å². The van der Waals surface area contributed by atoms with Crippen LogP contribution in [0, 0.1) is 0 Å². The fourth-order valence-corrected chi connectivity index (χ4v) is 2.44. The summed E-state index contributed by atoms with van der Waals surface area (Å²) in [5.41, 5.74) is 1.72. The van der Waals surface area contributed by atoms with Crippen LogP contribution in [0.5, 0.6) is 5.75 Å². The summed E-state index contributed by atoms with van der Waals surface area (Å²) in [4.78, 5) is 24.0. The zero-order valence-electron chi connectivity index (χ0n) is 14.6. The second-order valence-electron chi connectivity index (χ2n) is 5.89. The van der Waals surface area contributed by atoms with E-state index in [1.54, 1.807) is 19.2 Å². The average Bonchev–Trinajstić information content (AvgIpc) is 2.63. The maximum Gasteiger partial charge on any atom is 0.251 e. The zero-order valence-corrected chi connectivity index (χ0v) is 14.6. The lowest BCUT2D eigenvalue weighted by molar-refractivity contribution is -0.121. The van der Waals surface area contributed by atoms with Crippen LogP contribution in [0.25, 0.3) is 0 Å². The molecule has 0 saturated heterocycles. The van der Waals surface area contributed by atoms with Crippen LogP contribution in [-0.4, -0.2) is 31.5 Å². The van der Waals surface area contributed by atoms with Crippen molar-refractivity contribution in [2.45, 2.75) is 25.8 Å². The summed E-state index contributed by atoms with van der Waals surface area (Å²) in [7, 11) is 1.63. The molecule has 132 valence electrons. The van der Waals surface area contributed by atoms with Crippen molar-refractivity contribution in [2.24, 2.45) is 0 Å². The molecular formula is C20H24N2O3. The number of ether oxygens (including phenoxy) is 1.